The highest BCUT2D eigenvalue weighted by Gasteiger charge is 2.27. The molecule has 1 aromatic heterocycles. The van der Waals surface area contributed by atoms with Crippen molar-refractivity contribution in [2.75, 3.05) is 11.4 Å². The van der Waals surface area contributed by atoms with Gasteiger partial charge in [-0.2, -0.15) is 0 Å². The first-order chi connectivity index (χ1) is 8.97. The van der Waals surface area contributed by atoms with Crippen LogP contribution in [-0.4, -0.2) is 33.6 Å². The number of aliphatic carboxylic acids is 1. The van der Waals surface area contributed by atoms with Crippen LogP contribution in [0.1, 0.15) is 44.9 Å². The Hall–Kier alpha value is -1.85. The molecule has 6 heteroatoms. The molecule has 6 nitrogen and oxygen atoms in total. The van der Waals surface area contributed by atoms with E-state index in [0.717, 1.165) is 18.7 Å². The first-order valence-corrected chi connectivity index (χ1v) is 6.57. The number of rotatable bonds is 6. The molecule has 0 amide bonds. The van der Waals surface area contributed by atoms with Crippen molar-refractivity contribution in [2.24, 2.45) is 0 Å². The molecule has 1 aromatic rings. The first kappa shape index (κ1) is 13.6. The fraction of sp³-hybridized carbons (Fsp3) is 0.615. The van der Waals surface area contributed by atoms with E-state index in [9.17, 15) is 9.59 Å². The molecule has 104 valence electrons. The van der Waals surface area contributed by atoms with E-state index in [4.69, 9.17) is 5.11 Å². The van der Waals surface area contributed by atoms with Crippen LogP contribution < -0.4 is 10.5 Å². The Morgan fingerprint density at radius 1 is 1.58 bits per heavy atom. The molecular formula is C13H19N3O3. The average Bonchev–Trinajstić information content (AvgIpc) is 3.11. The third-order valence-electron chi connectivity index (χ3n) is 3.19. The lowest BCUT2D eigenvalue weighted by Gasteiger charge is -2.27. The number of carboxylic acids is 1. The van der Waals surface area contributed by atoms with Gasteiger partial charge in [0.15, 0.2) is 0 Å². The van der Waals surface area contributed by atoms with Crippen molar-refractivity contribution in [1.29, 1.82) is 0 Å². The van der Waals surface area contributed by atoms with E-state index in [1.807, 2.05) is 18.7 Å². The number of carbonyl (C=O) groups is 1. The molecule has 0 spiro atoms. The number of aromatic nitrogens is 2. The van der Waals surface area contributed by atoms with E-state index >= 15 is 0 Å². The van der Waals surface area contributed by atoms with E-state index in [1.165, 1.54) is 6.07 Å². The second-order valence-electron chi connectivity index (χ2n) is 5.19. The van der Waals surface area contributed by atoms with E-state index in [0.29, 0.717) is 18.3 Å². The van der Waals surface area contributed by atoms with Crippen molar-refractivity contribution in [3.63, 3.8) is 0 Å². The minimum atomic E-state index is -0.849. The van der Waals surface area contributed by atoms with Crippen molar-refractivity contribution < 1.29 is 9.90 Å². The summed E-state index contributed by atoms with van der Waals surface area (Å²) in [7, 11) is 0. The largest absolute Gasteiger partial charge is 0.481 e. The number of nitrogens with one attached hydrogen (secondary N) is 1. The summed E-state index contributed by atoms with van der Waals surface area (Å²) in [5.41, 5.74) is -0.173. The molecular weight excluding hydrogens is 246 g/mol. The van der Waals surface area contributed by atoms with Gasteiger partial charge in [0, 0.05) is 24.6 Å². The predicted molar refractivity (Wildman–Crippen MR) is 71.6 cm³/mol. The maximum Gasteiger partial charge on any atom is 0.305 e. The Morgan fingerprint density at radius 2 is 2.26 bits per heavy atom. The summed E-state index contributed by atoms with van der Waals surface area (Å²) in [6, 6.07) is 1.54. The van der Waals surface area contributed by atoms with E-state index < -0.39 is 5.97 Å². The normalized spacial score (nSPS) is 14.7. The summed E-state index contributed by atoms with van der Waals surface area (Å²) in [4.78, 5) is 31.5. The van der Waals surface area contributed by atoms with Crippen molar-refractivity contribution in [2.45, 2.75) is 45.1 Å². The third kappa shape index (κ3) is 3.56. The van der Waals surface area contributed by atoms with Crippen molar-refractivity contribution in [1.82, 2.24) is 9.97 Å². The van der Waals surface area contributed by atoms with Crippen LogP contribution in [0.25, 0.3) is 0 Å². The Balaban J connectivity index is 2.24. The van der Waals surface area contributed by atoms with Gasteiger partial charge in [-0.25, -0.2) is 4.98 Å². The number of nitrogens with zero attached hydrogens (tertiary/aromatic N) is 2. The van der Waals surface area contributed by atoms with Crippen LogP contribution in [-0.2, 0) is 4.79 Å². The summed E-state index contributed by atoms with van der Waals surface area (Å²) in [6.45, 7) is 4.27. The van der Waals surface area contributed by atoms with Crippen LogP contribution in [0.2, 0.25) is 0 Å². The van der Waals surface area contributed by atoms with Gasteiger partial charge in [-0.15, -0.1) is 0 Å². The topological polar surface area (TPSA) is 86.3 Å². The molecule has 1 aliphatic rings. The minimum Gasteiger partial charge on any atom is -0.481 e. The van der Waals surface area contributed by atoms with Crippen LogP contribution in [0, 0.1) is 0 Å². The van der Waals surface area contributed by atoms with Gasteiger partial charge in [0.2, 0.25) is 0 Å². The second-order valence-corrected chi connectivity index (χ2v) is 5.19. The Bertz CT molecular complexity index is 520. The lowest BCUT2D eigenvalue weighted by molar-refractivity contribution is -0.136. The zero-order chi connectivity index (χ0) is 14.0. The monoisotopic (exact) mass is 265 g/mol. The van der Waals surface area contributed by atoms with Gasteiger partial charge < -0.3 is 15.0 Å². The molecule has 0 atom stereocenters. The van der Waals surface area contributed by atoms with Crippen LogP contribution >= 0.6 is 0 Å². The molecule has 0 aromatic carbocycles. The lowest BCUT2D eigenvalue weighted by Crippen LogP contribution is -2.34. The van der Waals surface area contributed by atoms with E-state index in [1.54, 1.807) is 0 Å². The molecule has 0 radical (unpaired) electrons. The maximum absolute atomic E-state index is 11.7. The summed E-state index contributed by atoms with van der Waals surface area (Å²) in [6.07, 6.45) is 2.15. The maximum atomic E-state index is 11.7. The summed E-state index contributed by atoms with van der Waals surface area (Å²) in [5, 5.41) is 8.78. The van der Waals surface area contributed by atoms with Gasteiger partial charge in [0.25, 0.3) is 5.56 Å². The number of hydrogen-bond acceptors (Lipinski definition) is 4. The van der Waals surface area contributed by atoms with Gasteiger partial charge in [0.05, 0.1) is 6.42 Å². The number of anilines is 1. The van der Waals surface area contributed by atoms with Gasteiger partial charge in [-0.1, -0.05) is 0 Å². The van der Waals surface area contributed by atoms with Crippen LogP contribution in [0.3, 0.4) is 0 Å². The molecule has 2 N–H and O–H groups in total. The fourth-order valence-electron chi connectivity index (χ4n) is 2.01. The van der Waals surface area contributed by atoms with Gasteiger partial charge in [-0.05, 0) is 26.7 Å². The molecule has 0 saturated heterocycles. The lowest BCUT2D eigenvalue weighted by atomic mass is 10.2. The highest BCUT2D eigenvalue weighted by Crippen LogP contribution is 2.37. The van der Waals surface area contributed by atoms with Crippen LogP contribution in [0.5, 0.6) is 0 Å². The van der Waals surface area contributed by atoms with E-state index in [2.05, 4.69) is 9.97 Å². The minimum absolute atomic E-state index is 0.0332. The smallest absolute Gasteiger partial charge is 0.305 e. The molecule has 19 heavy (non-hydrogen) atoms. The SMILES string of the molecule is CC(C)N(CCC(=O)O)c1cc(=O)[nH]c(C2CC2)n1. The van der Waals surface area contributed by atoms with Crippen LogP contribution in [0.4, 0.5) is 5.82 Å². The van der Waals surface area contributed by atoms with Crippen molar-refractivity contribution in [3.05, 3.63) is 22.2 Å². The average molecular weight is 265 g/mol. The van der Waals surface area contributed by atoms with E-state index in [-0.39, 0.29) is 18.0 Å². The molecule has 1 fully saturated rings. The zero-order valence-electron chi connectivity index (χ0n) is 11.2. The third-order valence-corrected chi connectivity index (χ3v) is 3.19. The number of hydrogen-bond donors (Lipinski definition) is 2. The molecule has 0 bridgehead atoms. The van der Waals surface area contributed by atoms with Gasteiger partial charge in [0.1, 0.15) is 11.6 Å². The highest BCUT2D eigenvalue weighted by atomic mass is 16.4. The highest BCUT2D eigenvalue weighted by molar-refractivity contribution is 5.67. The Morgan fingerprint density at radius 3 is 2.79 bits per heavy atom. The first-order valence-electron chi connectivity index (χ1n) is 6.57. The molecule has 1 aliphatic carbocycles. The fourth-order valence-corrected chi connectivity index (χ4v) is 2.01. The quantitative estimate of drug-likeness (QED) is 0.810. The second kappa shape index (κ2) is 5.42. The zero-order valence-corrected chi connectivity index (χ0v) is 11.2. The number of H-pyrrole nitrogens is 1. The molecule has 0 aliphatic heterocycles. The molecule has 1 heterocycles. The summed E-state index contributed by atoms with van der Waals surface area (Å²) < 4.78 is 0. The molecule has 1 saturated carbocycles. The standard InChI is InChI=1S/C13H19N3O3/c1-8(2)16(6-5-12(18)19)10-7-11(17)15-13(14-10)9-3-4-9/h7-9H,3-6H2,1-2H3,(H,18,19)(H,14,15,17). The molecule has 0 unspecified atom stereocenters. The molecule has 2 rings (SSSR count). The van der Waals surface area contributed by atoms with Crippen LogP contribution in [0.15, 0.2) is 10.9 Å². The number of aromatic amines is 1. The summed E-state index contributed by atoms with van der Waals surface area (Å²) >= 11 is 0. The van der Waals surface area contributed by atoms with Gasteiger partial charge in [-0.3, -0.25) is 9.59 Å². The summed E-state index contributed by atoms with van der Waals surface area (Å²) in [5.74, 6) is 0.810. The predicted octanol–water partition coefficient (Wildman–Crippen LogP) is 1.34. The van der Waals surface area contributed by atoms with Gasteiger partial charge >= 0.3 is 5.97 Å². The Labute approximate surface area is 111 Å². The Kier molecular flexibility index (Phi) is 3.87. The number of carboxylic acid groups (broad SMARTS) is 1. The van der Waals surface area contributed by atoms with Crippen molar-refractivity contribution >= 4 is 11.8 Å². The van der Waals surface area contributed by atoms with Crippen molar-refractivity contribution in [3.8, 4) is 0 Å².